The van der Waals surface area contributed by atoms with Gasteiger partial charge >= 0.3 is 0 Å². The number of aromatic nitrogens is 3. The highest BCUT2D eigenvalue weighted by molar-refractivity contribution is 5.27. The van der Waals surface area contributed by atoms with Crippen molar-refractivity contribution >= 4 is 5.95 Å². The molecule has 0 bridgehead atoms. The van der Waals surface area contributed by atoms with Crippen LogP contribution in [-0.4, -0.2) is 27.7 Å². The minimum Gasteiger partial charge on any atom is -0.353 e. The van der Waals surface area contributed by atoms with Crippen molar-refractivity contribution in [3.05, 3.63) is 48.3 Å². The molecule has 0 saturated carbocycles. The molecule has 2 aromatic rings. The predicted molar refractivity (Wildman–Crippen MR) is 77.3 cm³/mol. The average Bonchev–Trinajstić information content (AvgIpc) is 2.46. The van der Waals surface area contributed by atoms with Gasteiger partial charge in [0.15, 0.2) is 0 Å². The van der Waals surface area contributed by atoms with Crippen molar-refractivity contribution < 1.29 is 8.78 Å². The van der Waals surface area contributed by atoms with Crippen molar-refractivity contribution in [3.63, 3.8) is 0 Å². The maximum absolute atomic E-state index is 14.0. The third-order valence-electron chi connectivity index (χ3n) is 3.26. The molecule has 0 aliphatic rings. The fraction of sp³-hybridized carbons (Fsp3) is 0.400. The van der Waals surface area contributed by atoms with Gasteiger partial charge in [0.2, 0.25) is 5.95 Å². The van der Waals surface area contributed by atoms with Gasteiger partial charge in [0.1, 0.15) is 5.82 Å². The largest absolute Gasteiger partial charge is 0.353 e. The molecular formula is C15H18F2N4. The van der Waals surface area contributed by atoms with Crippen LogP contribution in [0.2, 0.25) is 0 Å². The molecule has 0 radical (unpaired) electrons. The van der Waals surface area contributed by atoms with Crippen molar-refractivity contribution in [2.45, 2.75) is 31.9 Å². The number of alkyl halides is 1. The quantitative estimate of drug-likeness (QED) is 0.888. The fourth-order valence-corrected chi connectivity index (χ4v) is 2.37. The summed E-state index contributed by atoms with van der Waals surface area (Å²) in [7, 11) is 0. The molecule has 0 aliphatic heterocycles. The lowest BCUT2D eigenvalue weighted by Gasteiger charge is -2.30. The molecule has 2 atom stereocenters. The highest BCUT2D eigenvalue weighted by Gasteiger charge is 2.33. The number of hydrogen-bond donors (Lipinski definition) is 1. The van der Waals surface area contributed by atoms with E-state index in [4.69, 9.17) is 0 Å². The zero-order valence-electron chi connectivity index (χ0n) is 12.1. The molecule has 2 heterocycles. The molecule has 1 N–H and O–H groups in total. The molecule has 112 valence electrons. The second kappa shape index (κ2) is 6.56. The first-order valence-corrected chi connectivity index (χ1v) is 6.77. The van der Waals surface area contributed by atoms with Crippen LogP contribution in [0.15, 0.2) is 36.8 Å². The number of anilines is 1. The monoisotopic (exact) mass is 292 g/mol. The minimum absolute atomic E-state index is 0.154. The Morgan fingerprint density at radius 2 is 1.86 bits per heavy atom. The van der Waals surface area contributed by atoms with Gasteiger partial charge in [-0.15, -0.1) is 0 Å². The van der Waals surface area contributed by atoms with Gasteiger partial charge < -0.3 is 5.32 Å². The molecule has 21 heavy (non-hydrogen) atoms. The van der Waals surface area contributed by atoms with Gasteiger partial charge in [-0.3, -0.25) is 4.98 Å². The molecule has 0 fully saturated rings. The molecule has 0 aromatic carbocycles. The van der Waals surface area contributed by atoms with Crippen molar-refractivity contribution in [1.82, 2.24) is 15.0 Å². The Morgan fingerprint density at radius 1 is 1.19 bits per heavy atom. The Balaban J connectivity index is 2.23. The standard InChI is InChI=1S/C15H18F2N4/c1-11(16)9-15(2,13-12(17)5-3-6-18-13)10-21-14-19-7-4-8-20-14/h3-8,11H,9-10H2,1-2H3,(H,19,20,21)/t11-,15-/m1/s1. The zero-order valence-corrected chi connectivity index (χ0v) is 12.1. The molecule has 0 spiro atoms. The number of halogens is 2. The van der Waals surface area contributed by atoms with Crippen LogP contribution in [0.1, 0.15) is 26.0 Å². The van der Waals surface area contributed by atoms with Gasteiger partial charge in [-0.2, -0.15) is 0 Å². The number of nitrogens with one attached hydrogen (secondary N) is 1. The van der Waals surface area contributed by atoms with Gasteiger partial charge in [-0.1, -0.05) is 6.92 Å². The molecule has 0 saturated heterocycles. The average molecular weight is 292 g/mol. The van der Waals surface area contributed by atoms with E-state index in [9.17, 15) is 8.78 Å². The zero-order chi connectivity index (χ0) is 15.3. The fourth-order valence-electron chi connectivity index (χ4n) is 2.37. The van der Waals surface area contributed by atoms with Crippen LogP contribution in [0.4, 0.5) is 14.7 Å². The maximum Gasteiger partial charge on any atom is 0.222 e. The smallest absolute Gasteiger partial charge is 0.222 e. The van der Waals surface area contributed by atoms with Crippen molar-refractivity contribution in [1.29, 1.82) is 0 Å². The summed E-state index contributed by atoms with van der Waals surface area (Å²) in [4.78, 5) is 12.2. The second-order valence-electron chi connectivity index (χ2n) is 5.31. The number of pyridine rings is 1. The van der Waals surface area contributed by atoms with Gasteiger partial charge in [0.05, 0.1) is 11.9 Å². The molecular weight excluding hydrogens is 274 g/mol. The lowest BCUT2D eigenvalue weighted by atomic mass is 9.81. The number of nitrogens with zero attached hydrogens (tertiary/aromatic N) is 3. The molecule has 4 nitrogen and oxygen atoms in total. The van der Waals surface area contributed by atoms with Crippen LogP contribution in [0.5, 0.6) is 0 Å². The topological polar surface area (TPSA) is 50.7 Å². The third-order valence-corrected chi connectivity index (χ3v) is 3.26. The van der Waals surface area contributed by atoms with Gasteiger partial charge in [-0.05, 0) is 31.5 Å². The van der Waals surface area contributed by atoms with Crippen LogP contribution < -0.4 is 5.32 Å². The molecule has 0 aliphatic carbocycles. The van der Waals surface area contributed by atoms with E-state index in [0.717, 1.165) is 0 Å². The third kappa shape index (κ3) is 3.93. The summed E-state index contributed by atoms with van der Waals surface area (Å²) < 4.78 is 27.5. The first kappa shape index (κ1) is 15.3. The summed E-state index contributed by atoms with van der Waals surface area (Å²) in [5.41, 5.74) is -0.545. The summed E-state index contributed by atoms with van der Waals surface area (Å²) in [6, 6.07) is 4.56. The molecule has 6 heteroatoms. The summed E-state index contributed by atoms with van der Waals surface area (Å²) in [6.45, 7) is 3.53. The Labute approximate surface area is 122 Å². The van der Waals surface area contributed by atoms with E-state index < -0.39 is 17.4 Å². The Hall–Kier alpha value is -2.11. The molecule has 0 amide bonds. The Morgan fingerprint density at radius 3 is 2.48 bits per heavy atom. The lowest BCUT2D eigenvalue weighted by Crippen LogP contribution is -2.35. The SMILES string of the molecule is C[C@@H](F)C[C@](C)(CNc1ncccn1)c1ncccc1F. The van der Waals surface area contributed by atoms with E-state index in [1.165, 1.54) is 25.3 Å². The van der Waals surface area contributed by atoms with E-state index in [1.807, 2.05) is 0 Å². The van der Waals surface area contributed by atoms with Crippen LogP contribution in [0.3, 0.4) is 0 Å². The number of hydrogen-bond acceptors (Lipinski definition) is 4. The van der Waals surface area contributed by atoms with E-state index in [0.29, 0.717) is 12.5 Å². The van der Waals surface area contributed by atoms with Gasteiger partial charge in [0.25, 0.3) is 0 Å². The highest BCUT2D eigenvalue weighted by Crippen LogP contribution is 2.30. The molecule has 2 aromatic heterocycles. The maximum atomic E-state index is 14.0. The lowest BCUT2D eigenvalue weighted by molar-refractivity contribution is 0.267. The molecule has 2 rings (SSSR count). The van der Waals surface area contributed by atoms with Crippen molar-refractivity contribution in [2.24, 2.45) is 0 Å². The Kier molecular flexibility index (Phi) is 4.77. The number of rotatable bonds is 6. The van der Waals surface area contributed by atoms with Crippen molar-refractivity contribution in [3.8, 4) is 0 Å². The second-order valence-corrected chi connectivity index (χ2v) is 5.31. The normalized spacial score (nSPS) is 15.2. The van der Waals surface area contributed by atoms with Crippen LogP contribution in [0, 0.1) is 5.82 Å². The van der Waals surface area contributed by atoms with E-state index in [1.54, 1.807) is 25.4 Å². The van der Waals surface area contributed by atoms with Gasteiger partial charge in [0, 0.05) is 30.6 Å². The first-order valence-electron chi connectivity index (χ1n) is 6.77. The van der Waals surface area contributed by atoms with E-state index in [-0.39, 0.29) is 12.1 Å². The molecule has 0 unspecified atom stereocenters. The van der Waals surface area contributed by atoms with Crippen LogP contribution in [-0.2, 0) is 5.41 Å². The summed E-state index contributed by atoms with van der Waals surface area (Å²) in [6.07, 6.45) is 3.80. The van der Waals surface area contributed by atoms with Gasteiger partial charge in [-0.25, -0.2) is 18.7 Å². The van der Waals surface area contributed by atoms with Crippen LogP contribution in [0.25, 0.3) is 0 Å². The minimum atomic E-state index is -1.07. The van der Waals surface area contributed by atoms with E-state index in [2.05, 4.69) is 20.3 Å². The van der Waals surface area contributed by atoms with Crippen LogP contribution >= 0.6 is 0 Å². The van der Waals surface area contributed by atoms with E-state index >= 15 is 0 Å². The predicted octanol–water partition coefficient (Wildman–Crippen LogP) is 3.13. The highest BCUT2D eigenvalue weighted by atomic mass is 19.1. The summed E-state index contributed by atoms with van der Waals surface area (Å²) in [5, 5.41) is 3.02. The summed E-state index contributed by atoms with van der Waals surface area (Å²) in [5.74, 6) is -0.0111. The summed E-state index contributed by atoms with van der Waals surface area (Å²) >= 11 is 0. The first-order chi connectivity index (χ1) is 10.0. The Bertz CT molecular complexity index is 577. The van der Waals surface area contributed by atoms with Crippen molar-refractivity contribution in [2.75, 3.05) is 11.9 Å².